The molecule has 0 radical (unpaired) electrons. The van der Waals surface area contributed by atoms with Crippen molar-refractivity contribution in [3.05, 3.63) is 29.3 Å². The second kappa shape index (κ2) is 8.56. The lowest BCUT2D eigenvalue weighted by atomic mass is 9.72. The highest BCUT2D eigenvalue weighted by molar-refractivity contribution is 5.86. The fourth-order valence-corrected chi connectivity index (χ4v) is 4.23. The molecule has 2 aromatic rings. The Labute approximate surface area is 167 Å². The molecular formula is C23H34N2O3. The monoisotopic (exact) mass is 386 g/mol. The van der Waals surface area contributed by atoms with Gasteiger partial charge in [0.25, 0.3) is 0 Å². The number of hydrogen-bond donors (Lipinski definition) is 3. The minimum absolute atomic E-state index is 0.138. The van der Waals surface area contributed by atoms with Gasteiger partial charge >= 0.3 is 5.97 Å². The van der Waals surface area contributed by atoms with Crippen molar-refractivity contribution in [2.75, 3.05) is 6.54 Å². The van der Waals surface area contributed by atoms with E-state index in [0.29, 0.717) is 24.6 Å². The third-order valence-corrected chi connectivity index (χ3v) is 6.11. The van der Waals surface area contributed by atoms with E-state index in [4.69, 9.17) is 9.84 Å². The molecule has 5 nitrogen and oxygen atoms in total. The van der Waals surface area contributed by atoms with Gasteiger partial charge in [-0.25, -0.2) is 0 Å². The van der Waals surface area contributed by atoms with E-state index in [1.54, 1.807) is 0 Å². The number of carbonyl (C=O) groups is 1. The highest BCUT2D eigenvalue weighted by Gasteiger charge is 2.30. The maximum atomic E-state index is 10.6. The van der Waals surface area contributed by atoms with Gasteiger partial charge in [-0.1, -0.05) is 32.9 Å². The molecule has 0 unspecified atom stereocenters. The van der Waals surface area contributed by atoms with Crippen molar-refractivity contribution in [3.8, 4) is 5.88 Å². The minimum Gasteiger partial charge on any atom is -0.481 e. The van der Waals surface area contributed by atoms with E-state index in [-0.39, 0.29) is 6.42 Å². The van der Waals surface area contributed by atoms with E-state index in [0.717, 1.165) is 35.7 Å². The molecule has 1 saturated carbocycles. The third kappa shape index (κ3) is 5.07. The molecule has 5 heteroatoms. The van der Waals surface area contributed by atoms with Crippen molar-refractivity contribution in [2.24, 2.45) is 11.3 Å². The Morgan fingerprint density at radius 2 is 1.96 bits per heavy atom. The summed E-state index contributed by atoms with van der Waals surface area (Å²) in [4.78, 5) is 14.1. The molecule has 1 aromatic heterocycles. The summed E-state index contributed by atoms with van der Waals surface area (Å²) in [6, 6.07) is 6.34. The number of carboxylic acid groups (broad SMARTS) is 1. The van der Waals surface area contributed by atoms with Crippen LogP contribution in [-0.4, -0.2) is 28.7 Å². The Morgan fingerprint density at radius 3 is 2.61 bits per heavy atom. The van der Waals surface area contributed by atoms with E-state index in [2.05, 4.69) is 56.2 Å². The van der Waals surface area contributed by atoms with Crippen LogP contribution in [0.4, 0.5) is 0 Å². The summed E-state index contributed by atoms with van der Waals surface area (Å²) in [5, 5.41) is 13.1. The lowest BCUT2D eigenvalue weighted by Gasteiger charge is -2.36. The summed E-state index contributed by atoms with van der Waals surface area (Å²) < 4.78 is 6.36. The number of fused-ring (bicyclic) bond motifs is 1. The van der Waals surface area contributed by atoms with Crippen LogP contribution in [0.15, 0.2) is 18.2 Å². The van der Waals surface area contributed by atoms with E-state index in [1.807, 2.05) is 0 Å². The maximum absolute atomic E-state index is 10.6. The van der Waals surface area contributed by atoms with Crippen LogP contribution in [0.5, 0.6) is 5.88 Å². The summed E-state index contributed by atoms with van der Waals surface area (Å²) in [7, 11) is 0. The number of aryl methyl sites for hydroxylation is 1. The van der Waals surface area contributed by atoms with Gasteiger partial charge in [0.1, 0.15) is 6.10 Å². The van der Waals surface area contributed by atoms with Gasteiger partial charge in [0.15, 0.2) is 5.88 Å². The first-order valence-electron chi connectivity index (χ1n) is 10.4. The second-order valence-electron chi connectivity index (χ2n) is 9.24. The quantitative estimate of drug-likeness (QED) is 0.584. The molecule has 0 bridgehead atoms. The molecule has 1 heterocycles. The van der Waals surface area contributed by atoms with E-state index in [1.165, 1.54) is 23.8 Å². The van der Waals surface area contributed by atoms with Crippen LogP contribution in [0.25, 0.3) is 10.9 Å². The number of rotatable bonds is 7. The normalized spacial score (nSPS) is 20.4. The zero-order chi connectivity index (χ0) is 20.3. The highest BCUT2D eigenvalue weighted by Crippen LogP contribution is 2.39. The number of aliphatic carboxylic acids is 1. The summed E-state index contributed by atoms with van der Waals surface area (Å²) >= 11 is 0. The lowest BCUT2D eigenvalue weighted by molar-refractivity contribution is -0.136. The van der Waals surface area contributed by atoms with Crippen molar-refractivity contribution in [3.63, 3.8) is 0 Å². The molecule has 154 valence electrons. The molecular weight excluding hydrogens is 352 g/mol. The van der Waals surface area contributed by atoms with E-state index in [9.17, 15) is 4.79 Å². The summed E-state index contributed by atoms with van der Waals surface area (Å²) in [6.45, 7) is 10.3. The van der Waals surface area contributed by atoms with Crippen molar-refractivity contribution >= 4 is 16.9 Å². The molecule has 1 aliphatic rings. The van der Waals surface area contributed by atoms with E-state index < -0.39 is 5.97 Å². The zero-order valence-electron chi connectivity index (χ0n) is 17.6. The van der Waals surface area contributed by atoms with Gasteiger partial charge in [-0.3, -0.25) is 4.79 Å². The van der Waals surface area contributed by atoms with Gasteiger partial charge < -0.3 is 20.1 Å². The third-order valence-electron chi connectivity index (χ3n) is 6.11. The van der Waals surface area contributed by atoms with Crippen LogP contribution in [0.2, 0.25) is 0 Å². The van der Waals surface area contributed by atoms with Crippen molar-refractivity contribution in [1.82, 2.24) is 10.3 Å². The Kier molecular flexibility index (Phi) is 6.33. The Bertz CT molecular complexity index is 811. The average molecular weight is 387 g/mol. The topological polar surface area (TPSA) is 74.3 Å². The summed E-state index contributed by atoms with van der Waals surface area (Å²) in [5.74, 6) is 0.902. The predicted molar refractivity (Wildman–Crippen MR) is 113 cm³/mol. The molecule has 1 aromatic carbocycles. The van der Waals surface area contributed by atoms with Crippen LogP contribution >= 0.6 is 0 Å². The Morgan fingerprint density at radius 1 is 1.25 bits per heavy atom. The molecule has 0 aliphatic heterocycles. The minimum atomic E-state index is -0.777. The predicted octanol–water partition coefficient (Wildman–Crippen LogP) is 5.02. The van der Waals surface area contributed by atoms with Gasteiger partial charge in [-0.15, -0.1) is 0 Å². The van der Waals surface area contributed by atoms with Crippen LogP contribution in [0, 0.1) is 18.3 Å². The average Bonchev–Trinajstić information content (AvgIpc) is 2.93. The van der Waals surface area contributed by atoms with E-state index >= 15 is 0 Å². The van der Waals surface area contributed by atoms with Crippen LogP contribution < -0.4 is 10.1 Å². The summed E-state index contributed by atoms with van der Waals surface area (Å²) in [6.07, 6.45) is 5.14. The van der Waals surface area contributed by atoms with Crippen LogP contribution in [-0.2, 0) is 11.3 Å². The Balaban J connectivity index is 1.61. The van der Waals surface area contributed by atoms with Gasteiger partial charge in [0, 0.05) is 29.6 Å². The summed E-state index contributed by atoms with van der Waals surface area (Å²) in [5.41, 5.74) is 3.76. The molecule has 3 rings (SSSR count). The van der Waals surface area contributed by atoms with Gasteiger partial charge in [0.2, 0.25) is 0 Å². The molecule has 1 aliphatic carbocycles. The second-order valence-corrected chi connectivity index (χ2v) is 9.24. The number of hydrogen-bond acceptors (Lipinski definition) is 3. The molecule has 28 heavy (non-hydrogen) atoms. The molecule has 0 atom stereocenters. The van der Waals surface area contributed by atoms with Crippen molar-refractivity contribution in [2.45, 2.75) is 72.4 Å². The highest BCUT2D eigenvalue weighted by atomic mass is 16.5. The first-order valence-corrected chi connectivity index (χ1v) is 10.4. The molecule has 0 spiro atoms. The number of aromatic nitrogens is 1. The van der Waals surface area contributed by atoms with Crippen LogP contribution in [0.3, 0.4) is 0 Å². The number of carboxylic acids is 1. The maximum Gasteiger partial charge on any atom is 0.304 e. The smallest absolute Gasteiger partial charge is 0.304 e. The van der Waals surface area contributed by atoms with Crippen LogP contribution in [0.1, 0.15) is 64.0 Å². The fourth-order valence-electron chi connectivity index (χ4n) is 4.23. The number of aromatic amines is 1. The molecule has 0 saturated heterocycles. The number of ether oxygens (including phenoxy) is 1. The zero-order valence-corrected chi connectivity index (χ0v) is 17.6. The number of H-pyrrole nitrogens is 1. The standard InChI is InChI=1S/C23H34N2O3/c1-15-19-10-5-16(14-24-12-11-21(26)27)13-20(19)25-22(15)28-18-8-6-17(7-9-18)23(2,3)4/h5,10,13,17-18,24-25H,6-9,11-12,14H2,1-4H3,(H,26,27)/t17-,18-. The van der Waals surface area contributed by atoms with Gasteiger partial charge in [0.05, 0.1) is 6.42 Å². The largest absolute Gasteiger partial charge is 0.481 e. The van der Waals surface area contributed by atoms with Crippen molar-refractivity contribution in [1.29, 1.82) is 0 Å². The van der Waals surface area contributed by atoms with Gasteiger partial charge in [-0.2, -0.15) is 0 Å². The lowest BCUT2D eigenvalue weighted by Crippen LogP contribution is -2.30. The number of benzene rings is 1. The van der Waals surface area contributed by atoms with Gasteiger partial charge in [-0.05, 0) is 55.6 Å². The first-order chi connectivity index (χ1) is 13.2. The first kappa shape index (κ1) is 20.7. The molecule has 1 fully saturated rings. The SMILES string of the molecule is Cc1c(O[C@H]2CC[C@H](C(C)(C)C)CC2)[nH]c2cc(CNCCC(=O)O)ccc12. The Hall–Kier alpha value is -2.01. The fraction of sp³-hybridized carbons (Fsp3) is 0.609. The molecule has 0 amide bonds. The number of nitrogens with one attached hydrogen (secondary N) is 2. The van der Waals surface area contributed by atoms with Crippen molar-refractivity contribution < 1.29 is 14.6 Å². The molecule has 3 N–H and O–H groups in total.